The first kappa shape index (κ1) is 15.0. The fraction of sp³-hybridized carbons (Fsp3) is 0.462. The summed E-state index contributed by atoms with van der Waals surface area (Å²) in [5, 5.41) is 0. The van der Waals surface area contributed by atoms with E-state index in [9.17, 15) is 0 Å². The first-order valence-electron chi connectivity index (χ1n) is 5.63. The molecule has 0 bridgehead atoms. The van der Waals surface area contributed by atoms with Crippen molar-refractivity contribution in [2.24, 2.45) is 5.92 Å². The maximum absolute atomic E-state index is 5.67. The Morgan fingerprint density at radius 3 is 2.47 bits per heavy atom. The van der Waals surface area contributed by atoms with Gasteiger partial charge < -0.3 is 4.74 Å². The van der Waals surface area contributed by atoms with Crippen LogP contribution in [0.1, 0.15) is 20.8 Å². The van der Waals surface area contributed by atoms with Gasteiger partial charge in [0.25, 0.3) is 0 Å². The molecule has 0 spiro atoms. The van der Waals surface area contributed by atoms with Gasteiger partial charge in [-0.2, -0.15) is 0 Å². The molecule has 1 nitrogen and oxygen atoms in total. The molecule has 0 saturated heterocycles. The van der Waals surface area contributed by atoms with Gasteiger partial charge >= 0.3 is 0 Å². The minimum absolute atomic E-state index is 0.126. The lowest BCUT2D eigenvalue weighted by Gasteiger charge is -2.14. The van der Waals surface area contributed by atoms with Crippen molar-refractivity contribution < 1.29 is 4.74 Å². The summed E-state index contributed by atoms with van der Waals surface area (Å²) in [6.07, 6.45) is 0. The molecule has 0 heterocycles. The van der Waals surface area contributed by atoms with Gasteiger partial charge in [0, 0.05) is 4.90 Å². The van der Waals surface area contributed by atoms with Crippen molar-refractivity contribution in [1.29, 1.82) is 0 Å². The van der Waals surface area contributed by atoms with Crippen LogP contribution >= 0.6 is 35.7 Å². The Hall–Kier alpha value is -0.0300. The third kappa shape index (κ3) is 7.09. The number of benzene rings is 1. The summed E-state index contributed by atoms with van der Waals surface area (Å²) in [6, 6.07) is 10.2. The van der Waals surface area contributed by atoms with E-state index in [0.29, 0.717) is 5.92 Å². The number of hydrogen-bond acceptors (Lipinski definition) is 4. The highest BCUT2D eigenvalue weighted by molar-refractivity contribution is 8.47. The highest BCUT2D eigenvalue weighted by atomic mass is 32.2. The maximum atomic E-state index is 5.67. The van der Waals surface area contributed by atoms with Crippen LogP contribution in [0.4, 0.5) is 0 Å². The fourth-order valence-electron chi connectivity index (χ4n) is 1.11. The van der Waals surface area contributed by atoms with E-state index in [2.05, 4.69) is 26.0 Å². The number of thiocarbonyl (C=S) groups is 1. The predicted octanol–water partition coefficient (Wildman–Crippen LogP) is 4.82. The summed E-state index contributed by atoms with van der Waals surface area (Å²) in [7, 11) is 0. The van der Waals surface area contributed by atoms with Crippen LogP contribution in [-0.2, 0) is 4.74 Å². The summed E-state index contributed by atoms with van der Waals surface area (Å²) in [5.74, 6) is 0.563. The second-order valence-corrected chi connectivity index (χ2v) is 7.65. The van der Waals surface area contributed by atoms with Crippen molar-refractivity contribution in [1.82, 2.24) is 0 Å². The van der Waals surface area contributed by atoms with E-state index in [1.54, 1.807) is 23.5 Å². The standard InChI is InChI=1S/C13H18OS3/c1-10(2)9-14-11(3)16-13(15)17-12-7-5-4-6-8-12/h4-8,10-11H,9H2,1-3H3. The molecule has 0 fully saturated rings. The molecule has 1 aromatic carbocycles. The van der Waals surface area contributed by atoms with Crippen LogP contribution in [0.5, 0.6) is 0 Å². The lowest BCUT2D eigenvalue weighted by molar-refractivity contribution is 0.101. The van der Waals surface area contributed by atoms with Crippen LogP contribution in [0.2, 0.25) is 0 Å². The molecule has 0 radical (unpaired) electrons. The molecule has 1 atom stereocenters. The van der Waals surface area contributed by atoms with Gasteiger partial charge in [-0.15, -0.1) is 0 Å². The number of thioether (sulfide) groups is 2. The molecule has 94 valence electrons. The van der Waals surface area contributed by atoms with Gasteiger partial charge in [-0.25, -0.2) is 0 Å². The summed E-state index contributed by atoms with van der Waals surface area (Å²) < 4.78 is 6.58. The SMILES string of the molecule is CC(C)COC(C)SC(=S)Sc1ccccc1. The quantitative estimate of drug-likeness (QED) is 0.436. The zero-order chi connectivity index (χ0) is 12.7. The number of rotatable bonds is 5. The van der Waals surface area contributed by atoms with Gasteiger partial charge in [-0.3, -0.25) is 0 Å². The van der Waals surface area contributed by atoms with Gasteiger partial charge in [-0.05, 0) is 25.0 Å². The lowest BCUT2D eigenvalue weighted by atomic mass is 10.2. The van der Waals surface area contributed by atoms with Gasteiger partial charge in [0.15, 0.2) is 0 Å². The van der Waals surface area contributed by atoms with E-state index < -0.39 is 0 Å². The molecule has 0 aromatic heterocycles. The molecule has 0 saturated carbocycles. The third-order valence-electron chi connectivity index (χ3n) is 1.87. The monoisotopic (exact) mass is 286 g/mol. The minimum atomic E-state index is 0.126. The molecule has 0 aliphatic heterocycles. The zero-order valence-corrected chi connectivity index (χ0v) is 12.8. The Morgan fingerprint density at radius 2 is 1.88 bits per heavy atom. The molecule has 1 unspecified atom stereocenters. The molecule has 0 aliphatic rings. The van der Waals surface area contributed by atoms with Crippen molar-refractivity contribution in [3.8, 4) is 0 Å². The Balaban J connectivity index is 2.29. The average molecular weight is 286 g/mol. The molecule has 0 N–H and O–H groups in total. The lowest BCUT2D eigenvalue weighted by Crippen LogP contribution is -2.10. The Morgan fingerprint density at radius 1 is 1.24 bits per heavy atom. The topological polar surface area (TPSA) is 9.23 Å². The third-order valence-corrected chi connectivity index (χ3v) is 4.28. The van der Waals surface area contributed by atoms with Gasteiger partial charge in [0.2, 0.25) is 0 Å². The molecule has 0 aliphatic carbocycles. The second kappa shape index (κ2) is 8.14. The highest BCUT2D eigenvalue weighted by Gasteiger charge is 2.09. The van der Waals surface area contributed by atoms with E-state index in [1.807, 2.05) is 25.1 Å². The molecule has 1 aromatic rings. The Labute approximate surface area is 118 Å². The van der Waals surface area contributed by atoms with Gasteiger partial charge in [0.05, 0.1) is 6.61 Å². The first-order chi connectivity index (χ1) is 8.08. The fourth-order valence-corrected chi connectivity index (χ4v) is 3.59. The number of ether oxygens (including phenoxy) is 1. The Kier molecular flexibility index (Phi) is 7.19. The van der Waals surface area contributed by atoms with E-state index in [0.717, 1.165) is 10.1 Å². The molecule has 4 heteroatoms. The van der Waals surface area contributed by atoms with Crippen LogP contribution in [0.3, 0.4) is 0 Å². The highest BCUT2D eigenvalue weighted by Crippen LogP contribution is 2.28. The predicted molar refractivity (Wildman–Crippen MR) is 82.7 cm³/mol. The van der Waals surface area contributed by atoms with Crippen LogP contribution in [0.15, 0.2) is 35.2 Å². The summed E-state index contributed by atoms with van der Waals surface area (Å²) in [4.78, 5) is 1.18. The second-order valence-electron chi connectivity index (χ2n) is 4.08. The maximum Gasteiger partial charge on any atom is 0.111 e. The van der Waals surface area contributed by atoms with Crippen molar-refractivity contribution in [2.75, 3.05) is 6.61 Å². The number of hydrogen-bond donors (Lipinski definition) is 0. The van der Waals surface area contributed by atoms with E-state index in [1.165, 1.54) is 4.90 Å². The molecule has 1 rings (SSSR count). The molecule has 17 heavy (non-hydrogen) atoms. The van der Waals surface area contributed by atoms with Crippen molar-refractivity contribution in [3.63, 3.8) is 0 Å². The van der Waals surface area contributed by atoms with Crippen molar-refractivity contribution in [2.45, 2.75) is 31.1 Å². The van der Waals surface area contributed by atoms with Gasteiger partial charge in [-0.1, -0.05) is 67.8 Å². The van der Waals surface area contributed by atoms with E-state index in [-0.39, 0.29) is 5.44 Å². The molecular weight excluding hydrogens is 268 g/mol. The van der Waals surface area contributed by atoms with Crippen LogP contribution in [-0.4, -0.2) is 15.6 Å². The summed E-state index contributed by atoms with van der Waals surface area (Å²) in [6.45, 7) is 7.13. The van der Waals surface area contributed by atoms with Crippen LogP contribution in [0.25, 0.3) is 0 Å². The molecular formula is C13H18OS3. The van der Waals surface area contributed by atoms with Crippen molar-refractivity contribution >= 4 is 39.3 Å². The van der Waals surface area contributed by atoms with E-state index in [4.69, 9.17) is 17.0 Å². The zero-order valence-electron chi connectivity index (χ0n) is 10.4. The summed E-state index contributed by atoms with van der Waals surface area (Å²) >= 11 is 8.57. The van der Waals surface area contributed by atoms with Crippen molar-refractivity contribution in [3.05, 3.63) is 30.3 Å². The summed E-state index contributed by atoms with van der Waals surface area (Å²) in [5.41, 5.74) is 0.126. The minimum Gasteiger partial charge on any atom is -0.367 e. The van der Waals surface area contributed by atoms with Crippen LogP contribution < -0.4 is 0 Å². The van der Waals surface area contributed by atoms with Crippen LogP contribution in [0, 0.1) is 5.92 Å². The first-order valence-corrected chi connectivity index (χ1v) is 7.73. The normalized spacial score (nSPS) is 12.7. The Bertz CT molecular complexity index is 338. The molecule has 0 amide bonds. The largest absolute Gasteiger partial charge is 0.367 e. The van der Waals surface area contributed by atoms with E-state index >= 15 is 0 Å². The smallest absolute Gasteiger partial charge is 0.111 e. The average Bonchev–Trinajstić information content (AvgIpc) is 2.27. The van der Waals surface area contributed by atoms with Gasteiger partial charge in [0.1, 0.15) is 8.96 Å².